The predicted octanol–water partition coefficient (Wildman–Crippen LogP) is 5.43. The van der Waals surface area contributed by atoms with E-state index in [1.54, 1.807) is 0 Å². The van der Waals surface area contributed by atoms with E-state index in [2.05, 4.69) is 63.7 Å². The van der Waals surface area contributed by atoms with Gasteiger partial charge in [-0.3, -0.25) is 0 Å². The minimum atomic E-state index is -1.83. The van der Waals surface area contributed by atoms with E-state index in [0.717, 1.165) is 36.4 Å². The Morgan fingerprint density at radius 1 is 1.25 bits per heavy atom. The molecular weight excluding hydrogens is 316 g/mol. The molecule has 4 nitrogen and oxygen atoms in total. The summed E-state index contributed by atoms with van der Waals surface area (Å²) in [4.78, 5) is 0. The minimum Gasteiger partial charge on any atom is -0.543 e. The highest BCUT2D eigenvalue weighted by atomic mass is 28.4. The second-order valence-electron chi connectivity index (χ2n) is 8.39. The lowest BCUT2D eigenvalue weighted by Crippen LogP contribution is -2.43. The van der Waals surface area contributed by atoms with E-state index in [9.17, 15) is 0 Å². The maximum absolute atomic E-state index is 6.45. The van der Waals surface area contributed by atoms with Crippen LogP contribution in [0.2, 0.25) is 18.1 Å². The van der Waals surface area contributed by atoms with Crippen molar-refractivity contribution >= 4 is 19.2 Å². The van der Waals surface area contributed by atoms with Gasteiger partial charge in [0.1, 0.15) is 5.75 Å². The third kappa shape index (κ3) is 3.24. The normalized spacial score (nSPS) is 19.7. The topological polar surface area (TPSA) is 36.3 Å². The summed E-state index contributed by atoms with van der Waals surface area (Å²) in [5.41, 5.74) is 2.18. The molecule has 1 unspecified atom stereocenters. The van der Waals surface area contributed by atoms with Crippen LogP contribution in [0.25, 0.3) is 10.9 Å². The summed E-state index contributed by atoms with van der Waals surface area (Å²) in [7, 11) is -1.83. The lowest BCUT2D eigenvalue weighted by molar-refractivity contribution is -0.0368. The molecule has 1 aromatic heterocycles. The Labute approximate surface area is 146 Å². The molecule has 1 fully saturated rings. The quantitative estimate of drug-likeness (QED) is 0.695. The van der Waals surface area contributed by atoms with Gasteiger partial charge in [-0.25, -0.2) is 4.68 Å². The van der Waals surface area contributed by atoms with Gasteiger partial charge in [0.05, 0.1) is 11.2 Å². The van der Waals surface area contributed by atoms with Gasteiger partial charge in [0.25, 0.3) is 0 Å². The average Bonchev–Trinajstić information content (AvgIpc) is 2.83. The second kappa shape index (κ2) is 6.19. The molecule has 1 atom stereocenters. The highest BCUT2D eigenvalue weighted by Crippen LogP contribution is 2.38. The molecule has 1 aromatic carbocycles. The Balaban J connectivity index is 1.93. The van der Waals surface area contributed by atoms with Gasteiger partial charge in [-0.1, -0.05) is 20.8 Å². The van der Waals surface area contributed by atoms with Gasteiger partial charge in [0, 0.05) is 12.0 Å². The van der Waals surface area contributed by atoms with Crippen LogP contribution in [0, 0.1) is 6.92 Å². The summed E-state index contributed by atoms with van der Waals surface area (Å²) in [5.74, 6) is 0.960. The second-order valence-corrected chi connectivity index (χ2v) is 13.1. The van der Waals surface area contributed by atoms with Crippen LogP contribution in [-0.2, 0) is 4.74 Å². The predicted molar refractivity (Wildman–Crippen MR) is 101 cm³/mol. The Kier molecular flexibility index (Phi) is 4.51. The molecule has 132 valence electrons. The molecule has 2 heterocycles. The van der Waals surface area contributed by atoms with Crippen molar-refractivity contribution in [2.45, 2.75) is 71.3 Å². The summed E-state index contributed by atoms with van der Waals surface area (Å²) in [6.45, 7) is 14.3. The first kappa shape index (κ1) is 17.5. The molecule has 2 aromatic rings. The maximum Gasteiger partial charge on any atom is 0.250 e. The Bertz CT molecular complexity index is 725. The van der Waals surface area contributed by atoms with Crippen molar-refractivity contribution in [3.05, 3.63) is 23.9 Å². The molecule has 1 aliphatic heterocycles. The van der Waals surface area contributed by atoms with Crippen molar-refractivity contribution in [1.29, 1.82) is 0 Å². The number of benzene rings is 1. The van der Waals surface area contributed by atoms with Gasteiger partial charge >= 0.3 is 0 Å². The van der Waals surface area contributed by atoms with Gasteiger partial charge in [-0.05, 0) is 62.5 Å². The average molecular weight is 347 g/mol. The van der Waals surface area contributed by atoms with Crippen molar-refractivity contribution in [2.24, 2.45) is 0 Å². The van der Waals surface area contributed by atoms with Crippen molar-refractivity contribution in [3.63, 3.8) is 0 Å². The summed E-state index contributed by atoms with van der Waals surface area (Å²) in [5, 5.41) is 6.11. The first-order valence-corrected chi connectivity index (χ1v) is 11.9. The first-order valence-electron chi connectivity index (χ1n) is 8.98. The van der Waals surface area contributed by atoms with Crippen LogP contribution in [0.1, 0.15) is 52.0 Å². The van der Waals surface area contributed by atoms with E-state index in [1.807, 2.05) is 0 Å². The lowest BCUT2D eigenvalue weighted by atomic mass is 10.1. The lowest BCUT2D eigenvalue weighted by Gasteiger charge is -2.36. The molecule has 0 amide bonds. The van der Waals surface area contributed by atoms with E-state index in [0.29, 0.717) is 0 Å². The third-order valence-corrected chi connectivity index (χ3v) is 9.83. The monoisotopic (exact) mass is 346 g/mol. The van der Waals surface area contributed by atoms with Crippen molar-refractivity contribution in [2.75, 3.05) is 6.61 Å². The number of aryl methyl sites for hydroxylation is 1. The molecule has 1 saturated heterocycles. The van der Waals surface area contributed by atoms with Gasteiger partial charge in [0.15, 0.2) is 6.23 Å². The molecule has 0 saturated carbocycles. The molecule has 0 spiro atoms. The zero-order valence-electron chi connectivity index (χ0n) is 15.8. The number of ether oxygens (including phenoxy) is 1. The largest absolute Gasteiger partial charge is 0.543 e. The van der Waals surface area contributed by atoms with E-state index in [-0.39, 0.29) is 11.3 Å². The van der Waals surface area contributed by atoms with Gasteiger partial charge in [-0.15, -0.1) is 0 Å². The Hall–Kier alpha value is -1.33. The molecule has 0 aliphatic carbocycles. The smallest absolute Gasteiger partial charge is 0.250 e. The highest BCUT2D eigenvalue weighted by Gasteiger charge is 2.39. The van der Waals surface area contributed by atoms with Crippen LogP contribution >= 0.6 is 0 Å². The van der Waals surface area contributed by atoms with Gasteiger partial charge < -0.3 is 9.16 Å². The zero-order valence-corrected chi connectivity index (χ0v) is 16.8. The van der Waals surface area contributed by atoms with E-state index < -0.39 is 8.32 Å². The number of aromatic nitrogens is 2. The minimum absolute atomic E-state index is 0.0714. The number of hydrogen-bond acceptors (Lipinski definition) is 3. The zero-order chi connectivity index (χ0) is 17.5. The molecule has 5 heteroatoms. The Morgan fingerprint density at radius 3 is 2.62 bits per heavy atom. The van der Waals surface area contributed by atoms with Crippen molar-refractivity contribution in [1.82, 2.24) is 9.78 Å². The maximum atomic E-state index is 6.45. The fourth-order valence-corrected chi connectivity index (χ4v) is 3.94. The van der Waals surface area contributed by atoms with Crippen LogP contribution in [0.3, 0.4) is 0 Å². The number of nitrogens with zero attached hydrogens (tertiary/aromatic N) is 2. The van der Waals surface area contributed by atoms with Crippen LogP contribution in [0.5, 0.6) is 5.75 Å². The fourth-order valence-electron chi connectivity index (χ4n) is 2.92. The third-order valence-electron chi connectivity index (χ3n) is 5.47. The van der Waals surface area contributed by atoms with Gasteiger partial charge in [-0.2, -0.15) is 5.10 Å². The SMILES string of the molecule is Cc1nn(C2CCCCO2)c2ccc(O[Si](C)(C)C(C)(C)C)cc12. The molecule has 0 bridgehead atoms. The van der Waals surface area contributed by atoms with Crippen LogP contribution < -0.4 is 4.43 Å². The van der Waals surface area contributed by atoms with E-state index >= 15 is 0 Å². The first-order chi connectivity index (χ1) is 11.2. The summed E-state index contributed by atoms with van der Waals surface area (Å²) >= 11 is 0. The molecule has 3 rings (SSSR count). The number of rotatable bonds is 3. The highest BCUT2D eigenvalue weighted by molar-refractivity contribution is 6.74. The molecule has 0 radical (unpaired) electrons. The van der Waals surface area contributed by atoms with E-state index in [4.69, 9.17) is 14.3 Å². The molecule has 1 aliphatic rings. The van der Waals surface area contributed by atoms with Crippen molar-refractivity contribution < 1.29 is 9.16 Å². The van der Waals surface area contributed by atoms with Crippen molar-refractivity contribution in [3.8, 4) is 5.75 Å². The van der Waals surface area contributed by atoms with Gasteiger partial charge in [0.2, 0.25) is 8.32 Å². The fraction of sp³-hybridized carbons (Fsp3) is 0.632. The van der Waals surface area contributed by atoms with Crippen LogP contribution in [-0.4, -0.2) is 24.7 Å². The Morgan fingerprint density at radius 2 is 2.00 bits per heavy atom. The molecule has 0 N–H and O–H groups in total. The van der Waals surface area contributed by atoms with Crippen LogP contribution in [0.4, 0.5) is 0 Å². The number of fused-ring (bicyclic) bond motifs is 1. The summed E-state index contributed by atoms with van der Waals surface area (Å²) in [6, 6.07) is 6.37. The summed E-state index contributed by atoms with van der Waals surface area (Å²) in [6.07, 6.45) is 3.47. The standard InChI is InChI=1S/C19H30N2O2Si/c1-14-16-13-15(23-24(5,6)19(2,3)4)10-11-17(16)21(20-14)18-9-7-8-12-22-18/h10-11,13,18H,7-9,12H2,1-6H3. The summed E-state index contributed by atoms with van der Waals surface area (Å²) < 4.78 is 14.4. The number of hydrogen-bond donors (Lipinski definition) is 0. The van der Waals surface area contributed by atoms with E-state index in [1.165, 1.54) is 11.8 Å². The molecule has 24 heavy (non-hydrogen) atoms. The van der Waals surface area contributed by atoms with Crippen LogP contribution in [0.15, 0.2) is 18.2 Å². The molecular formula is C19H30N2O2Si.